The van der Waals surface area contributed by atoms with Crippen molar-refractivity contribution in [1.82, 2.24) is 10.2 Å². The third kappa shape index (κ3) is 5.60. The van der Waals surface area contributed by atoms with E-state index in [9.17, 15) is 9.59 Å². The molecule has 2 aromatic rings. The summed E-state index contributed by atoms with van der Waals surface area (Å²) in [5.74, 6) is 0.560. The summed E-state index contributed by atoms with van der Waals surface area (Å²) in [6, 6.07) is 17.7. The number of anilines is 1. The second-order valence-corrected chi connectivity index (χ2v) is 7.39. The maximum Gasteiger partial charge on any atom is 0.258 e. The number of nitrogens with zero attached hydrogens (tertiary/aromatic N) is 2. The number of benzene rings is 2. The van der Waals surface area contributed by atoms with Crippen molar-refractivity contribution in [2.75, 3.05) is 37.7 Å². The smallest absolute Gasteiger partial charge is 0.258 e. The van der Waals surface area contributed by atoms with E-state index in [1.807, 2.05) is 36.4 Å². The number of ether oxygens (including phenoxy) is 1. The van der Waals surface area contributed by atoms with Crippen LogP contribution in [0.25, 0.3) is 0 Å². The van der Waals surface area contributed by atoms with Gasteiger partial charge in [-0.25, -0.2) is 0 Å². The fourth-order valence-corrected chi connectivity index (χ4v) is 3.87. The van der Waals surface area contributed by atoms with Crippen LogP contribution in [0.15, 0.2) is 54.6 Å². The average Bonchev–Trinajstić information content (AvgIpc) is 3.22. The SMILES string of the molecule is CCN(CC)[C@@H](CNC(=O)COc1cccc(N2CCCC2=O)c1)c1ccccc1. The van der Waals surface area contributed by atoms with Gasteiger partial charge in [-0.15, -0.1) is 0 Å². The van der Waals surface area contributed by atoms with Crippen LogP contribution in [0.2, 0.25) is 0 Å². The highest BCUT2D eigenvalue weighted by atomic mass is 16.5. The lowest BCUT2D eigenvalue weighted by Gasteiger charge is -2.30. The zero-order valence-corrected chi connectivity index (χ0v) is 17.8. The predicted molar refractivity (Wildman–Crippen MR) is 119 cm³/mol. The summed E-state index contributed by atoms with van der Waals surface area (Å²) in [4.78, 5) is 28.5. The lowest BCUT2D eigenvalue weighted by molar-refractivity contribution is -0.123. The van der Waals surface area contributed by atoms with Crippen molar-refractivity contribution in [2.45, 2.75) is 32.7 Å². The first-order chi connectivity index (χ1) is 14.6. The van der Waals surface area contributed by atoms with Crippen molar-refractivity contribution in [3.8, 4) is 5.75 Å². The van der Waals surface area contributed by atoms with Gasteiger partial charge in [-0.2, -0.15) is 0 Å². The topological polar surface area (TPSA) is 61.9 Å². The van der Waals surface area contributed by atoms with Gasteiger partial charge < -0.3 is 15.0 Å². The molecule has 0 aliphatic carbocycles. The molecule has 2 amide bonds. The van der Waals surface area contributed by atoms with E-state index in [0.29, 0.717) is 18.7 Å². The summed E-state index contributed by atoms with van der Waals surface area (Å²) in [6.45, 7) is 7.27. The minimum atomic E-state index is -0.161. The summed E-state index contributed by atoms with van der Waals surface area (Å²) < 4.78 is 5.69. The summed E-state index contributed by atoms with van der Waals surface area (Å²) >= 11 is 0. The van der Waals surface area contributed by atoms with E-state index in [1.165, 1.54) is 5.56 Å². The molecule has 1 heterocycles. The predicted octanol–water partition coefficient (Wildman–Crippen LogP) is 3.39. The molecule has 6 nitrogen and oxygen atoms in total. The summed E-state index contributed by atoms with van der Waals surface area (Å²) in [7, 11) is 0. The number of hydrogen-bond donors (Lipinski definition) is 1. The summed E-state index contributed by atoms with van der Waals surface area (Å²) in [5, 5.41) is 3.01. The Labute approximate surface area is 178 Å². The molecule has 0 spiro atoms. The molecule has 0 aromatic heterocycles. The van der Waals surface area contributed by atoms with Gasteiger partial charge in [-0.1, -0.05) is 50.2 Å². The fraction of sp³-hybridized carbons (Fsp3) is 0.417. The molecule has 1 aliphatic rings. The molecule has 1 aliphatic heterocycles. The maximum atomic E-state index is 12.4. The number of nitrogens with one attached hydrogen (secondary N) is 1. The van der Waals surface area contributed by atoms with Gasteiger partial charge in [0, 0.05) is 31.3 Å². The first kappa shape index (κ1) is 21.8. The highest BCUT2D eigenvalue weighted by Crippen LogP contribution is 2.25. The van der Waals surface area contributed by atoms with Gasteiger partial charge >= 0.3 is 0 Å². The van der Waals surface area contributed by atoms with Crippen LogP contribution in [-0.2, 0) is 9.59 Å². The van der Waals surface area contributed by atoms with E-state index < -0.39 is 0 Å². The molecule has 0 radical (unpaired) electrons. The van der Waals surface area contributed by atoms with Crippen molar-refractivity contribution < 1.29 is 14.3 Å². The van der Waals surface area contributed by atoms with Crippen LogP contribution in [0.4, 0.5) is 5.69 Å². The van der Waals surface area contributed by atoms with Gasteiger partial charge in [0.1, 0.15) is 5.75 Å². The van der Waals surface area contributed by atoms with Gasteiger partial charge in [-0.3, -0.25) is 14.5 Å². The number of rotatable bonds is 10. The number of hydrogen-bond acceptors (Lipinski definition) is 4. The normalized spacial score (nSPS) is 14.8. The van der Waals surface area contributed by atoms with Crippen molar-refractivity contribution in [3.05, 3.63) is 60.2 Å². The van der Waals surface area contributed by atoms with E-state index >= 15 is 0 Å². The van der Waals surface area contributed by atoms with E-state index in [4.69, 9.17) is 4.74 Å². The third-order valence-electron chi connectivity index (χ3n) is 5.50. The van der Waals surface area contributed by atoms with E-state index in [2.05, 4.69) is 36.2 Å². The van der Waals surface area contributed by atoms with Gasteiger partial charge in [-0.05, 0) is 37.2 Å². The first-order valence-corrected chi connectivity index (χ1v) is 10.7. The molecular weight excluding hydrogens is 378 g/mol. The Bertz CT molecular complexity index is 837. The summed E-state index contributed by atoms with van der Waals surface area (Å²) in [5.41, 5.74) is 2.01. The molecule has 1 atom stereocenters. The Morgan fingerprint density at radius 2 is 1.90 bits per heavy atom. The zero-order valence-electron chi connectivity index (χ0n) is 17.8. The van der Waals surface area contributed by atoms with Gasteiger partial charge in [0.2, 0.25) is 5.91 Å². The molecular formula is C24H31N3O3. The van der Waals surface area contributed by atoms with Gasteiger partial charge in [0.15, 0.2) is 6.61 Å². The lowest BCUT2D eigenvalue weighted by atomic mass is 10.1. The molecule has 0 bridgehead atoms. The number of likely N-dealkylation sites (N-methyl/N-ethyl adjacent to an activating group) is 1. The highest BCUT2D eigenvalue weighted by Gasteiger charge is 2.22. The quantitative estimate of drug-likeness (QED) is 0.653. The van der Waals surface area contributed by atoms with Crippen LogP contribution >= 0.6 is 0 Å². The van der Waals surface area contributed by atoms with E-state index in [0.717, 1.165) is 31.7 Å². The standard InChI is InChI=1S/C24H31N3O3/c1-3-26(4-2)22(19-10-6-5-7-11-19)17-25-23(28)18-30-21-13-8-12-20(16-21)27-15-9-14-24(27)29/h5-8,10-13,16,22H,3-4,9,14-15,17-18H2,1-2H3,(H,25,28)/t22-/m0/s1. The molecule has 2 aromatic carbocycles. The Hall–Kier alpha value is -2.86. The van der Waals surface area contributed by atoms with Crippen LogP contribution < -0.4 is 15.0 Å². The maximum absolute atomic E-state index is 12.4. The Balaban J connectivity index is 1.55. The van der Waals surface area contributed by atoms with Gasteiger partial charge in [0.05, 0.1) is 6.04 Å². The van der Waals surface area contributed by atoms with E-state index in [-0.39, 0.29) is 24.5 Å². The molecule has 6 heteroatoms. The number of carbonyl (C=O) groups excluding carboxylic acids is 2. The Morgan fingerprint density at radius 3 is 2.57 bits per heavy atom. The van der Waals surface area contributed by atoms with E-state index in [1.54, 1.807) is 11.0 Å². The third-order valence-corrected chi connectivity index (χ3v) is 5.50. The van der Waals surface area contributed by atoms with Crippen molar-refractivity contribution in [3.63, 3.8) is 0 Å². The second-order valence-electron chi connectivity index (χ2n) is 7.39. The van der Waals surface area contributed by atoms with Crippen LogP contribution in [0.5, 0.6) is 5.75 Å². The first-order valence-electron chi connectivity index (χ1n) is 10.7. The minimum absolute atomic E-state index is 0.0584. The van der Waals surface area contributed by atoms with Crippen molar-refractivity contribution >= 4 is 17.5 Å². The molecule has 1 fully saturated rings. The minimum Gasteiger partial charge on any atom is -0.484 e. The van der Waals surface area contributed by atoms with Crippen LogP contribution in [-0.4, -0.2) is 49.5 Å². The van der Waals surface area contributed by atoms with Crippen LogP contribution in [0, 0.1) is 0 Å². The highest BCUT2D eigenvalue weighted by molar-refractivity contribution is 5.95. The second kappa shape index (κ2) is 10.8. The average molecular weight is 410 g/mol. The van der Waals surface area contributed by atoms with Gasteiger partial charge in [0.25, 0.3) is 5.91 Å². The molecule has 3 rings (SSSR count). The zero-order chi connectivity index (χ0) is 21.3. The Morgan fingerprint density at radius 1 is 1.13 bits per heavy atom. The molecule has 1 N–H and O–H groups in total. The molecule has 30 heavy (non-hydrogen) atoms. The molecule has 0 unspecified atom stereocenters. The van der Waals surface area contributed by atoms with Crippen molar-refractivity contribution in [2.24, 2.45) is 0 Å². The largest absolute Gasteiger partial charge is 0.484 e. The number of carbonyl (C=O) groups is 2. The molecule has 1 saturated heterocycles. The van der Waals surface area contributed by atoms with Crippen LogP contribution in [0.1, 0.15) is 38.3 Å². The monoisotopic (exact) mass is 409 g/mol. The van der Waals surface area contributed by atoms with Crippen LogP contribution in [0.3, 0.4) is 0 Å². The van der Waals surface area contributed by atoms with Crippen molar-refractivity contribution in [1.29, 1.82) is 0 Å². The Kier molecular flexibility index (Phi) is 7.85. The lowest BCUT2D eigenvalue weighted by Crippen LogP contribution is -2.39. The molecule has 0 saturated carbocycles. The fourth-order valence-electron chi connectivity index (χ4n) is 3.87. The summed E-state index contributed by atoms with van der Waals surface area (Å²) in [6.07, 6.45) is 1.46. The number of amides is 2. The molecule has 160 valence electrons.